The maximum atomic E-state index is 7.53. The third-order valence-electron chi connectivity index (χ3n) is 13.8. The molecule has 0 radical (unpaired) electrons. The molecule has 7 nitrogen and oxygen atoms in total. The summed E-state index contributed by atoms with van der Waals surface area (Å²) in [6.45, 7) is 40.2. The minimum absolute atomic E-state index is 0.0117. The van der Waals surface area contributed by atoms with Crippen molar-refractivity contribution in [3.8, 4) is 11.5 Å². The number of methoxy groups -OCH3 is 2. The van der Waals surface area contributed by atoms with Crippen molar-refractivity contribution >= 4 is 16.6 Å². The van der Waals surface area contributed by atoms with Crippen molar-refractivity contribution in [3.63, 3.8) is 0 Å². The van der Waals surface area contributed by atoms with Crippen molar-refractivity contribution < 1.29 is 32.5 Å². The summed E-state index contributed by atoms with van der Waals surface area (Å²) >= 11 is 0. The number of rotatable bonds is 26. The van der Waals surface area contributed by atoms with Gasteiger partial charge in [0.05, 0.1) is 65.6 Å². The highest BCUT2D eigenvalue weighted by Gasteiger charge is 2.44. The van der Waals surface area contributed by atoms with Crippen LogP contribution in [0.15, 0.2) is 90.5 Å². The first-order valence-electron chi connectivity index (χ1n) is 23.5. The molecule has 0 aliphatic rings. The zero-order valence-corrected chi connectivity index (χ0v) is 44.8. The topological polar surface area (TPSA) is 64.6 Å². The van der Waals surface area contributed by atoms with E-state index in [0.717, 1.165) is 29.0 Å². The molecule has 0 N–H and O–H groups in total. The highest BCUT2D eigenvalue weighted by atomic mass is 28.4. The Balaban J connectivity index is 1.92. The first kappa shape index (κ1) is 54.6. The molecule has 3 rings (SSSR count). The van der Waals surface area contributed by atoms with Crippen LogP contribution in [-0.4, -0.2) is 62.4 Å². The molecule has 3 aromatic rings. The molecule has 0 bridgehead atoms. The molecule has 354 valence electrons. The van der Waals surface area contributed by atoms with E-state index in [1.807, 2.05) is 30.3 Å². The van der Waals surface area contributed by atoms with E-state index in [0.29, 0.717) is 33.0 Å². The fourth-order valence-corrected chi connectivity index (χ4v) is 10.9. The smallest absolute Gasteiger partial charge is 0.192 e. The van der Waals surface area contributed by atoms with Gasteiger partial charge in [0.1, 0.15) is 11.5 Å². The Morgan fingerprint density at radius 2 is 0.952 bits per heavy atom. The number of hydrogen-bond acceptors (Lipinski definition) is 7. The highest BCUT2D eigenvalue weighted by molar-refractivity contribution is 6.74. The van der Waals surface area contributed by atoms with Crippen molar-refractivity contribution in [3.05, 3.63) is 107 Å². The van der Waals surface area contributed by atoms with Crippen LogP contribution >= 0.6 is 0 Å². The Morgan fingerprint density at radius 3 is 1.40 bits per heavy atom. The van der Waals surface area contributed by atoms with Gasteiger partial charge in [0.2, 0.25) is 0 Å². The Hall–Kier alpha value is -2.77. The number of ether oxygens (including phenoxy) is 5. The van der Waals surface area contributed by atoms with Gasteiger partial charge < -0.3 is 32.5 Å². The summed E-state index contributed by atoms with van der Waals surface area (Å²) in [6.07, 6.45) is 3.25. The highest BCUT2D eigenvalue weighted by Crippen LogP contribution is 2.42. The second-order valence-corrected chi connectivity index (χ2v) is 31.1. The molecule has 0 aromatic heterocycles. The molecule has 63 heavy (non-hydrogen) atoms. The largest absolute Gasteiger partial charge is 0.497 e. The van der Waals surface area contributed by atoms with E-state index in [4.69, 9.17) is 32.5 Å². The molecule has 0 aliphatic carbocycles. The van der Waals surface area contributed by atoms with Crippen LogP contribution in [0.5, 0.6) is 11.5 Å². The molecule has 8 atom stereocenters. The molecule has 0 fully saturated rings. The summed E-state index contributed by atoms with van der Waals surface area (Å²) in [6, 6.07) is 26.7. The van der Waals surface area contributed by atoms with E-state index in [2.05, 4.69) is 164 Å². The van der Waals surface area contributed by atoms with Gasteiger partial charge in [-0.2, -0.15) is 0 Å². The summed E-state index contributed by atoms with van der Waals surface area (Å²) in [5.41, 5.74) is 4.78. The van der Waals surface area contributed by atoms with Gasteiger partial charge in [-0.05, 0) is 102 Å². The Kier molecular flexibility index (Phi) is 21.4. The van der Waals surface area contributed by atoms with Gasteiger partial charge in [-0.25, -0.2) is 0 Å². The lowest BCUT2D eigenvalue weighted by Crippen LogP contribution is -2.50. The van der Waals surface area contributed by atoms with Gasteiger partial charge in [0.25, 0.3) is 0 Å². The van der Waals surface area contributed by atoms with E-state index in [1.165, 1.54) is 11.1 Å². The van der Waals surface area contributed by atoms with Crippen molar-refractivity contribution in [2.45, 2.75) is 164 Å². The van der Waals surface area contributed by atoms with E-state index in [-0.39, 0.29) is 58.0 Å². The fourth-order valence-electron chi connectivity index (χ4n) is 7.90. The first-order chi connectivity index (χ1) is 29.4. The predicted octanol–water partition coefficient (Wildman–Crippen LogP) is 14.3. The molecule has 0 amide bonds. The lowest BCUT2D eigenvalue weighted by Gasteiger charge is -2.45. The van der Waals surface area contributed by atoms with Crippen LogP contribution in [-0.2, 0) is 42.9 Å². The van der Waals surface area contributed by atoms with Gasteiger partial charge in [-0.15, -0.1) is 0 Å². The van der Waals surface area contributed by atoms with E-state index in [9.17, 15) is 0 Å². The minimum atomic E-state index is -2.20. The van der Waals surface area contributed by atoms with Crippen molar-refractivity contribution in [2.24, 2.45) is 29.6 Å². The van der Waals surface area contributed by atoms with Crippen LogP contribution in [0.3, 0.4) is 0 Å². The maximum absolute atomic E-state index is 7.53. The Labute approximate surface area is 387 Å². The van der Waals surface area contributed by atoms with Crippen molar-refractivity contribution in [1.29, 1.82) is 0 Å². The normalized spacial score (nSPS) is 17.0. The van der Waals surface area contributed by atoms with Gasteiger partial charge in [-0.3, -0.25) is 0 Å². The quantitative estimate of drug-likeness (QED) is 0.0587. The average molecular weight is 905 g/mol. The van der Waals surface area contributed by atoms with Crippen LogP contribution in [0, 0.1) is 29.6 Å². The maximum Gasteiger partial charge on any atom is 0.192 e. The van der Waals surface area contributed by atoms with E-state index in [1.54, 1.807) is 14.2 Å². The first-order valence-corrected chi connectivity index (χ1v) is 29.3. The van der Waals surface area contributed by atoms with Gasteiger partial charge >= 0.3 is 0 Å². The van der Waals surface area contributed by atoms with Crippen LogP contribution in [0.2, 0.25) is 36.3 Å². The molecular formula is C54H88O7Si2. The number of benzene rings is 3. The average Bonchev–Trinajstić information content (AvgIpc) is 3.21. The molecular weight excluding hydrogens is 817 g/mol. The molecule has 0 aliphatic heterocycles. The third kappa shape index (κ3) is 17.2. The van der Waals surface area contributed by atoms with E-state index >= 15 is 0 Å². The standard InChI is InChI=1S/C54H88O7Si2/c1-39(32-40(2)50(60-62(15,16)53(7,8)9)42(4)34-57-37-46-24-28-48(55-13)29-25-46)33-41(3)52(61-63(17,18)54(10,11)12)44(6)51(59-38-47-26-30-49(56-14)31-27-47)43(5)35-58-36-45-22-20-19-21-23-45/h19-32,40-44,50-52H,33-38H2,1-18H3/b39-32-/t40-,41?,42-,43-,44?,50+,51?,52?/m0/s1. The second-order valence-electron chi connectivity index (χ2n) is 21.5. The molecule has 4 unspecified atom stereocenters. The zero-order valence-electron chi connectivity index (χ0n) is 42.8. The van der Waals surface area contributed by atoms with Crippen LogP contribution in [0.25, 0.3) is 0 Å². The van der Waals surface area contributed by atoms with Gasteiger partial charge in [0, 0.05) is 17.8 Å². The molecule has 3 aromatic carbocycles. The predicted molar refractivity (Wildman–Crippen MR) is 269 cm³/mol. The summed E-state index contributed by atoms with van der Waals surface area (Å²) in [4.78, 5) is 0. The molecule has 0 saturated heterocycles. The summed E-state index contributed by atoms with van der Waals surface area (Å²) in [7, 11) is -0.909. The lowest BCUT2D eigenvalue weighted by molar-refractivity contribution is -0.0891. The van der Waals surface area contributed by atoms with E-state index < -0.39 is 16.6 Å². The number of hydrogen-bond donors (Lipinski definition) is 0. The van der Waals surface area contributed by atoms with Crippen LogP contribution in [0.1, 0.15) is 106 Å². The molecule has 0 spiro atoms. The van der Waals surface area contributed by atoms with Gasteiger partial charge in [0.15, 0.2) is 16.6 Å². The number of allylic oxidation sites excluding steroid dienone is 1. The van der Waals surface area contributed by atoms with Crippen LogP contribution < -0.4 is 9.47 Å². The second kappa shape index (κ2) is 24.7. The molecule has 0 heterocycles. The molecule has 9 heteroatoms. The summed E-state index contributed by atoms with van der Waals surface area (Å²) in [5, 5.41) is 0.135. The molecule has 0 saturated carbocycles. The van der Waals surface area contributed by atoms with Crippen molar-refractivity contribution in [1.82, 2.24) is 0 Å². The summed E-state index contributed by atoms with van der Waals surface area (Å²) < 4.78 is 45.4. The SMILES string of the molecule is COc1ccc(COC[C@H](C)[C@H](O[Si](C)(C)C(C)(C)C)[C@@H](C)/C=C(/C)CC(C)C(O[Si](C)(C)C(C)(C)C)C(C)C(OCc2ccc(OC)cc2)[C@@H](C)COCc2ccccc2)cc1. The lowest BCUT2D eigenvalue weighted by atomic mass is 9.81. The Bertz CT molecular complexity index is 1760. The monoisotopic (exact) mass is 905 g/mol. The third-order valence-corrected chi connectivity index (χ3v) is 22.8. The minimum Gasteiger partial charge on any atom is -0.497 e. The van der Waals surface area contributed by atoms with Crippen molar-refractivity contribution in [2.75, 3.05) is 27.4 Å². The fraction of sp³-hybridized carbons (Fsp3) is 0.630. The zero-order chi connectivity index (χ0) is 47.2. The van der Waals surface area contributed by atoms with Crippen LogP contribution in [0.4, 0.5) is 0 Å². The summed E-state index contributed by atoms with van der Waals surface area (Å²) in [5.74, 6) is 2.51. The Morgan fingerprint density at radius 1 is 0.540 bits per heavy atom. The van der Waals surface area contributed by atoms with Gasteiger partial charge in [-0.1, -0.05) is 142 Å².